The van der Waals surface area contributed by atoms with Crippen LogP contribution in [0.1, 0.15) is 26.4 Å². The van der Waals surface area contributed by atoms with E-state index in [1.165, 1.54) is 37.3 Å². The van der Waals surface area contributed by atoms with Gasteiger partial charge in [-0.2, -0.15) is 5.10 Å². The van der Waals surface area contributed by atoms with E-state index < -0.39 is 5.91 Å². The van der Waals surface area contributed by atoms with Gasteiger partial charge in [-0.05, 0) is 23.8 Å². The van der Waals surface area contributed by atoms with Gasteiger partial charge in [0.2, 0.25) is 5.13 Å². The first kappa shape index (κ1) is 21.7. The van der Waals surface area contributed by atoms with E-state index in [0.29, 0.717) is 31.6 Å². The van der Waals surface area contributed by atoms with Gasteiger partial charge >= 0.3 is 5.97 Å². The molecular formula is C21H17N5O4S2. The molecule has 2 aromatic carbocycles. The first-order valence-corrected chi connectivity index (χ1v) is 11.2. The zero-order valence-corrected chi connectivity index (χ0v) is 18.7. The fraction of sp³-hybridized carbons (Fsp3) is 0.143. The van der Waals surface area contributed by atoms with Crippen LogP contribution in [0.3, 0.4) is 0 Å². The number of thioether (sulfide) groups is 1. The van der Waals surface area contributed by atoms with Crippen LogP contribution in [0.25, 0.3) is 10.8 Å². The number of hydrogen-bond donors (Lipinski definition) is 1. The quantitative estimate of drug-likeness (QED) is 0.261. The Morgan fingerprint density at radius 3 is 2.53 bits per heavy atom. The lowest BCUT2D eigenvalue weighted by molar-refractivity contribution is 0.0600. The van der Waals surface area contributed by atoms with E-state index >= 15 is 0 Å². The highest BCUT2D eigenvalue weighted by molar-refractivity contribution is 8.00. The van der Waals surface area contributed by atoms with Crippen LogP contribution < -0.4 is 10.9 Å². The fourth-order valence-corrected chi connectivity index (χ4v) is 4.65. The fourth-order valence-electron chi connectivity index (χ4n) is 2.94. The van der Waals surface area contributed by atoms with E-state index in [-0.39, 0.29) is 17.2 Å². The van der Waals surface area contributed by atoms with E-state index in [4.69, 9.17) is 4.74 Å². The molecule has 4 aromatic rings. The lowest BCUT2D eigenvalue weighted by Crippen LogP contribution is -2.25. The van der Waals surface area contributed by atoms with Crippen molar-refractivity contribution in [3.63, 3.8) is 0 Å². The summed E-state index contributed by atoms with van der Waals surface area (Å²) in [4.78, 5) is 36.5. The minimum Gasteiger partial charge on any atom is -0.465 e. The van der Waals surface area contributed by atoms with Crippen molar-refractivity contribution in [1.82, 2.24) is 20.0 Å². The zero-order valence-electron chi connectivity index (χ0n) is 17.1. The van der Waals surface area contributed by atoms with Gasteiger partial charge in [0, 0.05) is 18.2 Å². The Balaban J connectivity index is 1.44. The molecule has 32 heavy (non-hydrogen) atoms. The number of hydrogen-bond acceptors (Lipinski definition) is 9. The van der Waals surface area contributed by atoms with Crippen molar-refractivity contribution < 1.29 is 14.3 Å². The highest BCUT2D eigenvalue weighted by Crippen LogP contribution is 2.29. The van der Waals surface area contributed by atoms with Crippen molar-refractivity contribution in [3.05, 3.63) is 75.7 Å². The number of carbonyl (C=O) groups excluding carboxylic acids is 2. The van der Waals surface area contributed by atoms with E-state index in [9.17, 15) is 14.4 Å². The molecule has 9 nitrogen and oxygen atoms in total. The van der Waals surface area contributed by atoms with Crippen LogP contribution in [-0.2, 0) is 17.5 Å². The van der Waals surface area contributed by atoms with Gasteiger partial charge in [-0.3, -0.25) is 14.9 Å². The molecule has 2 heterocycles. The van der Waals surface area contributed by atoms with Crippen LogP contribution in [0.2, 0.25) is 0 Å². The number of amides is 1. The number of aryl methyl sites for hydroxylation is 1. The van der Waals surface area contributed by atoms with Crippen molar-refractivity contribution in [3.8, 4) is 0 Å². The average Bonchev–Trinajstić information content (AvgIpc) is 3.27. The van der Waals surface area contributed by atoms with Crippen LogP contribution in [0.4, 0.5) is 5.13 Å². The molecule has 11 heteroatoms. The number of benzene rings is 2. The molecular weight excluding hydrogens is 450 g/mol. The molecule has 1 amide bonds. The van der Waals surface area contributed by atoms with Gasteiger partial charge < -0.3 is 4.74 Å². The number of aromatic nitrogens is 4. The average molecular weight is 468 g/mol. The molecule has 162 valence electrons. The van der Waals surface area contributed by atoms with E-state index in [1.54, 1.807) is 36.4 Å². The minimum absolute atomic E-state index is 0.137. The minimum atomic E-state index is -0.470. The summed E-state index contributed by atoms with van der Waals surface area (Å²) in [6.45, 7) is 0. The van der Waals surface area contributed by atoms with Gasteiger partial charge in [0.15, 0.2) is 10.0 Å². The Hall–Kier alpha value is -3.57. The molecule has 0 fully saturated rings. The van der Waals surface area contributed by atoms with Gasteiger partial charge in [0.05, 0.1) is 18.1 Å². The molecule has 0 aliphatic rings. The lowest BCUT2D eigenvalue weighted by atomic mass is 10.1. The first-order chi connectivity index (χ1) is 15.5. The number of ether oxygens (including phenoxy) is 1. The molecule has 0 spiro atoms. The summed E-state index contributed by atoms with van der Waals surface area (Å²) < 4.78 is 6.51. The molecule has 0 saturated heterocycles. The van der Waals surface area contributed by atoms with Crippen molar-refractivity contribution in [2.75, 3.05) is 12.4 Å². The summed E-state index contributed by atoms with van der Waals surface area (Å²) in [6.07, 6.45) is 0. The topological polar surface area (TPSA) is 116 Å². The normalized spacial score (nSPS) is 10.8. The van der Waals surface area contributed by atoms with Crippen LogP contribution >= 0.6 is 23.1 Å². The highest BCUT2D eigenvalue weighted by atomic mass is 32.2. The van der Waals surface area contributed by atoms with Crippen LogP contribution in [0.5, 0.6) is 0 Å². The number of nitrogens with zero attached hydrogens (tertiary/aromatic N) is 4. The standard InChI is InChI=1S/C21H17N5O4S2/c1-26-18(28)15-6-4-3-5-14(15)16(25-26)17(27)22-20-23-24-21(32-20)31-11-12-7-9-13(10-8-12)19(29)30-2/h3-10H,11H2,1-2H3,(H,22,23,27). The Morgan fingerprint density at radius 1 is 1.09 bits per heavy atom. The number of nitrogens with one attached hydrogen (secondary N) is 1. The summed E-state index contributed by atoms with van der Waals surface area (Å²) in [5, 5.41) is 16.2. The molecule has 0 saturated carbocycles. The van der Waals surface area contributed by atoms with Crippen molar-refractivity contribution >= 4 is 50.9 Å². The maximum Gasteiger partial charge on any atom is 0.337 e. The smallest absolute Gasteiger partial charge is 0.337 e. The lowest BCUT2D eigenvalue weighted by Gasteiger charge is -2.07. The second-order valence-corrected chi connectivity index (χ2v) is 8.83. The van der Waals surface area contributed by atoms with E-state index in [2.05, 4.69) is 20.6 Å². The molecule has 0 radical (unpaired) electrons. The zero-order chi connectivity index (χ0) is 22.7. The van der Waals surface area contributed by atoms with Gasteiger partial charge in [-0.1, -0.05) is 53.4 Å². The maximum atomic E-state index is 12.8. The summed E-state index contributed by atoms with van der Waals surface area (Å²) in [7, 11) is 2.85. The number of fused-ring (bicyclic) bond motifs is 1. The second-order valence-electron chi connectivity index (χ2n) is 6.63. The number of methoxy groups -OCH3 is 1. The molecule has 0 atom stereocenters. The molecule has 2 aromatic heterocycles. The van der Waals surface area contributed by atoms with Gasteiger partial charge in [0.25, 0.3) is 11.5 Å². The van der Waals surface area contributed by atoms with Gasteiger partial charge in [0.1, 0.15) is 0 Å². The predicted octanol–water partition coefficient (Wildman–Crippen LogP) is 3.12. The van der Waals surface area contributed by atoms with Crippen molar-refractivity contribution in [1.29, 1.82) is 0 Å². The summed E-state index contributed by atoms with van der Waals surface area (Å²) in [5.41, 5.74) is 1.36. The summed E-state index contributed by atoms with van der Waals surface area (Å²) in [5.74, 6) is -0.228. The summed E-state index contributed by atoms with van der Waals surface area (Å²) in [6, 6.07) is 13.9. The molecule has 1 N–H and O–H groups in total. The van der Waals surface area contributed by atoms with E-state index in [1.807, 2.05) is 12.1 Å². The van der Waals surface area contributed by atoms with Gasteiger partial charge in [-0.25, -0.2) is 9.48 Å². The van der Waals surface area contributed by atoms with Gasteiger partial charge in [-0.15, -0.1) is 10.2 Å². The number of rotatable bonds is 6. The van der Waals surface area contributed by atoms with E-state index in [0.717, 1.165) is 10.2 Å². The maximum absolute atomic E-state index is 12.8. The second kappa shape index (κ2) is 9.28. The first-order valence-electron chi connectivity index (χ1n) is 9.37. The third-order valence-corrected chi connectivity index (χ3v) is 6.58. The molecule has 0 aliphatic heterocycles. The number of carbonyl (C=O) groups is 2. The number of esters is 1. The Bertz CT molecular complexity index is 1360. The molecule has 0 bridgehead atoms. The molecule has 0 aliphatic carbocycles. The molecule has 4 rings (SSSR count). The Labute approximate surface area is 190 Å². The van der Waals surface area contributed by atoms with Crippen molar-refractivity contribution in [2.24, 2.45) is 7.05 Å². The molecule has 0 unspecified atom stereocenters. The third kappa shape index (κ3) is 4.53. The predicted molar refractivity (Wildman–Crippen MR) is 122 cm³/mol. The SMILES string of the molecule is COC(=O)c1ccc(CSc2nnc(NC(=O)c3nn(C)c(=O)c4ccccc34)s2)cc1. The van der Waals surface area contributed by atoms with Crippen LogP contribution in [0.15, 0.2) is 57.7 Å². The van der Waals surface area contributed by atoms with Crippen LogP contribution in [0, 0.1) is 0 Å². The third-order valence-electron chi connectivity index (χ3n) is 4.54. The monoisotopic (exact) mass is 467 g/mol. The van der Waals surface area contributed by atoms with Crippen molar-refractivity contribution in [2.45, 2.75) is 10.1 Å². The number of anilines is 1. The Morgan fingerprint density at radius 2 is 1.81 bits per heavy atom. The van der Waals surface area contributed by atoms with Crippen LogP contribution in [-0.4, -0.2) is 39.0 Å². The highest BCUT2D eigenvalue weighted by Gasteiger charge is 2.17. The Kier molecular flexibility index (Phi) is 6.28. The largest absolute Gasteiger partial charge is 0.465 e. The summed E-state index contributed by atoms with van der Waals surface area (Å²) >= 11 is 2.70.